The van der Waals surface area contributed by atoms with E-state index in [1.807, 2.05) is 28.5 Å². The Balaban J connectivity index is 1.44. The Hall–Kier alpha value is -2.87. The van der Waals surface area contributed by atoms with Gasteiger partial charge in [0.05, 0.1) is 11.7 Å². The van der Waals surface area contributed by atoms with Gasteiger partial charge in [-0.05, 0) is 47.4 Å². The molecular weight excluding hydrogens is 426 g/mol. The van der Waals surface area contributed by atoms with Crippen LogP contribution in [0.15, 0.2) is 40.8 Å². The van der Waals surface area contributed by atoms with Gasteiger partial charge < -0.3 is 14.4 Å². The van der Waals surface area contributed by atoms with Crippen molar-refractivity contribution < 1.29 is 14.3 Å². The molecule has 2 aliphatic rings. The molecule has 1 amide bonds. The van der Waals surface area contributed by atoms with E-state index in [2.05, 4.69) is 18.8 Å². The van der Waals surface area contributed by atoms with Crippen molar-refractivity contribution in [3.05, 3.63) is 51.9 Å². The summed E-state index contributed by atoms with van der Waals surface area (Å²) in [6.07, 6.45) is 4.74. The van der Waals surface area contributed by atoms with Crippen LogP contribution in [0, 0.1) is 11.8 Å². The lowest BCUT2D eigenvalue weighted by Gasteiger charge is -2.42. The molecule has 32 heavy (non-hydrogen) atoms. The first-order valence-electron chi connectivity index (χ1n) is 11.1. The quantitative estimate of drug-likeness (QED) is 0.583. The van der Waals surface area contributed by atoms with Gasteiger partial charge in [0, 0.05) is 12.6 Å². The maximum atomic E-state index is 13.6. The Morgan fingerprint density at radius 2 is 2.06 bits per heavy atom. The minimum Gasteiger partial charge on any atom is -0.454 e. The second-order valence-corrected chi connectivity index (χ2v) is 9.76. The summed E-state index contributed by atoms with van der Waals surface area (Å²) >= 11 is 1.43. The van der Waals surface area contributed by atoms with Crippen LogP contribution in [0.5, 0.6) is 11.5 Å². The summed E-state index contributed by atoms with van der Waals surface area (Å²) in [7, 11) is 0. The number of hydrogen-bond acceptors (Lipinski definition) is 6. The molecule has 0 radical (unpaired) electrons. The van der Waals surface area contributed by atoms with Crippen molar-refractivity contribution in [2.24, 2.45) is 11.8 Å². The minimum atomic E-state index is -0.169. The van der Waals surface area contributed by atoms with Crippen molar-refractivity contribution in [2.75, 3.05) is 6.79 Å². The molecule has 1 aromatic carbocycles. The number of fused-ring (bicyclic) bond motifs is 2. The molecule has 0 bridgehead atoms. The van der Waals surface area contributed by atoms with Gasteiger partial charge in [-0.3, -0.25) is 14.2 Å². The minimum absolute atomic E-state index is 0.0141. The summed E-state index contributed by atoms with van der Waals surface area (Å²) in [4.78, 5) is 33.5. The van der Waals surface area contributed by atoms with E-state index in [4.69, 9.17) is 9.47 Å². The highest BCUT2D eigenvalue weighted by Gasteiger charge is 2.34. The van der Waals surface area contributed by atoms with E-state index in [0.29, 0.717) is 34.3 Å². The van der Waals surface area contributed by atoms with Gasteiger partial charge in [0.1, 0.15) is 11.4 Å². The molecular formula is C24H27N3O4S. The van der Waals surface area contributed by atoms with Crippen LogP contribution in [-0.4, -0.2) is 33.2 Å². The van der Waals surface area contributed by atoms with Gasteiger partial charge in [0.2, 0.25) is 12.7 Å². The number of hydrogen-bond donors (Lipinski definition) is 0. The largest absolute Gasteiger partial charge is 0.454 e. The number of benzene rings is 1. The number of rotatable bonds is 5. The molecule has 1 aliphatic carbocycles. The van der Waals surface area contributed by atoms with Crippen molar-refractivity contribution in [1.29, 1.82) is 0 Å². The van der Waals surface area contributed by atoms with Gasteiger partial charge in [-0.2, -0.15) is 0 Å². The van der Waals surface area contributed by atoms with Crippen LogP contribution in [0.25, 0.3) is 10.2 Å². The van der Waals surface area contributed by atoms with Crippen LogP contribution in [-0.2, 0) is 17.9 Å². The monoisotopic (exact) mass is 453 g/mol. The molecule has 3 atom stereocenters. The second kappa shape index (κ2) is 8.58. The molecule has 8 heteroatoms. The molecule has 7 nitrogen and oxygen atoms in total. The Morgan fingerprint density at radius 1 is 1.22 bits per heavy atom. The van der Waals surface area contributed by atoms with E-state index in [-0.39, 0.29) is 30.8 Å². The average Bonchev–Trinajstić information content (AvgIpc) is 3.45. The summed E-state index contributed by atoms with van der Waals surface area (Å²) in [6.45, 7) is 5.18. The molecule has 0 unspecified atom stereocenters. The maximum Gasteiger partial charge on any atom is 0.262 e. The van der Waals surface area contributed by atoms with Crippen molar-refractivity contribution >= 4 is 27.5 Å². The highest BCUT2D eigenvalue weighted by Crippen LogP contribution is 2.36. The zero-order chi connectivity index (χ0) is 22.2. The molecule has 3 heterocycles. The molecule has 0 saturated heterocycles. The van der Waals surface area contributed by atoms with Gasteiger partial charge in [0.25, 0.3) is 5.56 Å². The van der Waals surface area contributed by atoms with Crippen molar-refractivity contribution in [3.8, 4) is 11.5 Å². The molecule has 1 saturated carbocycles. The lowest BCUT2D eigenvalue weighted by atomic mass is 9.77. The average molecular weight is 454 g/mol. The number of thiophene rings is 1. The summed E-state index contributed by atoms with van der Waals surface area (Å²) in [6, 6.07) is 7.73. The van der Waals surface area contributed by atoms with E-state index in [0.717, 1.165) is 24.2 Å². The first-order chi connectivity index (χ1) is 15.5. The molecule has 0 spiro atoms. The molecule has 168 valence electrons. The molecule has 1 aliphatic heterocycles. The molecule has 1 fully saturated rings. The highest BCUT2D eigenvalue weighted by molar-refractivity contribution is 7.16. The van der Waals surface area contributed by atoms with Gasteiger partial charge in [-0.1, -0.05) is 32.8 Å². The third kappa shape index (κ3) is 3.88. The summed E-state index contributed by atoms with van der Waals surface area (Å²) in [5.74, 6) is 2.31. The number of carbonyl (C=O) groups is 1. The fourth-order valence-electron chi connectivity index (χ4n) is 4.86. The lowest BCUT2D eigenvalue weighted by molar-refractivity contribution is -0.137. The van der Waals surface area contributed by atoms with Gasteiger partial charge in [0.15, 0.2) is 11.5 Å². The standard InChI is InChI=1S/C24H27N3O4S/c1-15-4-3-5-19(16(15)2)27(11-17-6-7-20-21(10-17)31-14-30-20)22(28)12-26-13-25-23-18(24(26)29)8-9-32-23/h6-10,13,15-16,19H,3-5,11-12,14H2,1-2H3/t15-,16+,19+/m1/s1. The van der Waals surface area contributed by atoms with Crippen LogP contribution in [0.2, 0.25) is 0 Å². The number of amides is 1. The zero-order valence-electron chi connectivity index (χ0n) is 18.3. The Bertz CT molecular complexity index is 1200. The summed E-state index contributed by atoms with van der Waals surface area (Å²) < 4.78 is 12.4. The van der Waals surface area contributed by atoms with Gasteiger partial charge in [-0.25, -0.2) is 4.98 Å². The predicted molar refractivity (Wildman–Crippen MR) is 123 cm³/mol. The topological polar surface area (TPSA) is 73.7 Å². The first kappa shape index (κ1) is 21.0. The lowest BCUT2D eigenvalue weighted by Crippen LogP contribution is -2.48. The molecule has 3 aromatic rings. The van der Waals surface area contributed by atoms with E-state index in [1.54, 1.807) is 6.07 Å². The maximum absolute atomic E-state index is 13.6. The fraction of sp³-hybridized carbons (Fsp3) is 0.458. The van der Waals surface area contributed by atoms with Crippen LogP contribution in [0.3, 0.4) is 0 Å². The van der Waals surface area contributed by atoms with Gasteiger partial charge in [-0.15, -0.1) is 11.3 Å². The number of aromatic nitrogens is 2. The smallest absolute Gasteiger partial charge is 0.262 e. The summed E-state index contributed by atoms with van der Waals surface area (Å²) in [5.41, 5.74) is 0.824. The van der Waals surface area contributed by atoms with Gasteiger partial charge >= 0.3 is 0 Å². The van der Waals surface area contributed by atoms with Crippen LogP contribution in [0.1, 0.15) is 38.7 Å². The number of nitrogens with zero attached hydrogens (tertiary/aromatic N) is 3. The molecule has 0 N–H and O–H groups in total. The number of ether oxygens (including phenoxy) is 2. The first-order valence-corrected chi connectivity index (χ1v) is 12.0. The third-order valence-electron chi connectivity index (χ3n) is 6.93. The van der Waals surface area contributed by atoms with Crippen LogP contribution >= 0.6 is 11.3 Å². The van der Waals surface area contributed by atoms with Crippen LogP contribution < -0.4 is 15.0 Å². The van der Waals surface area contributed by atoms with E-state index in [9.17, 15) is 9.59 Å². The van der Waals surface area contributed by atoms with Crippen LogP contribution in [0.4, 0.5) is 0 Å². The highest BCUT2D eigenvalue weighted by atomic mass is 32.1. The molecule has 2 aromatic heterocycles. The SMILES string of the molecule is C[C@H]1[C@H](C)CCC[C@@H]1N(Cc1ccc2c(c1)OCO2)C(=O)Cn1cnc2sccc2c1=O. The van der Waals surface area contributed by atoms with E-state index >= 15 is 0 Å². The Morgan fingerprint density at radius 3 is 2.94 bits per heavy atom. The summed E-state index contributed by atoms with van der Waals surface area (Å²) in [5, 5.41) is 2.41. The van der Waals surface area contributed by atoms with E-state index in [1.165, 1.54) is 28.7 Å². The molecule has 5 rings (SSSR count). The Labute approximate surface area is 190 Å². The Kier molecular flexibility index (Phi) is 5.63. The zero-order valence-corrected chi connectivity index (χ0v) is 19.1. The normalized spacial score (nSPS) is 22.2. The number of carbonyl (C=O) groups excluding carboxylic acids is 1. The van der Waals surface area contributed by atoms with E-state index < -0.39 is 0 Å². The predicted octanol–water partition coefficient (Wildman–Crippen LogP) is 4.04. The van der Waals surface area contributed by atoms with Crippen molar-refractivity contribution in [1.82, 2.24) is 14.5 Å². The fourth-order valence-corrected chi connectivity index (χ4v) is 5.59. The third-order valence-corrected chi connectivity index (χ3v) is 7.75. The second-order valence-electron chi connectivity index (χ2n) is 8.86. The van der Waals surface area contributed by atoms with Crippen molar-refractivity contribution in [3.63, 3.8) is 0 Å². The van der Waals surface area contributed by atoms with Crippen molar-refractivity contribution in [2.45, 2.75) is 52.2 Å².